The van der Waals surface area contributed by atoms with E-state index >= 15 is 0 Å². The first kappa shape index (κ1) is 9.44. The molecule has 1 aromatic heterocycles. The van der Waals surface area contributed by atoms with E-state index in [1.54, 1.807) is 29.1 Å². The molecule has 0 bridgehead atoms. The van der Waals surface area contributed by atoms with Crippen LogP contribution in [0.2, 0.25) is 0 Å². The summed E-state index contributed by atoms with van der Waals surface area (Å²) in [6, 6.07) is 10.6. The van der Waals surface area contributed by atoms with Gasteiger partial charge >= 0.3 is 0 Å². The molecule has 0 spiro atoms. The van der Waals surface area contributed by atoms with Crippen LogP contribution in [0.25, 0.3) is 5.69 Å². The average Bonchev–Trinajstić information content (AvgIpc) is 2.82. The summed E-state index contributed by atoms with van der Waals surface area (Å²) >= 11 is 0. The van der Waals surface area contributed by atoms with Gasteiger partial charge in [0.15, 0.2) is 6.10 Å². The Morgan fingerprint density at radius 2 is 2.07 bits per heavy atom. The quantitative estimate of drug-likeness (QED) is 0.744. The number of aliphatic hydroxyl groups excluding tert-OH is 1. The van der Waals surface area contributed by atoms with Crippen molar-refractivity contribution in [1.29, 1.82) is 5.26 Å². The molecular weight excluding hydrogens is 190 g/mol. The second-order valence-electron chi connectivity index (χ2n) is 3.07. The van der Waals surface area contributed by atoms with Gasteiger partial charge in [0.1, 0.15) is 0 Å². The van der Waals surface area contributed by atoms with Crippen LogP contribution in [0.1, 0.15) is 11.7 Å². The number of aromatic nitrogens is 2. The Morgan fingerprint density at radius 1 is 1.33 bits per heavy atom. The van der Waals surface area contributed by atoms with E-state index in [1.165, 1.54) is 0 Å². The Balaban J connectivity index is 2.30. The molecule has 0 amide bonds. The molecular formula is C11H9N3O. The van der Waals surface area contributed by atoms with Gasteiger partial charge in [-0.05, 0) is 23.8 Å². The van der Waals surface area contributed by atoms with E-state index < -0.39 is 6.10 Å². The number of hydrogen-bond acceptors (Lipinski definition) is 3. The summed E-state index contributed by atoms with van der Waals surface area (Å²) in [7, 11) is 0. The van der Waals surface area contributed by atoms with Gasteiger partial charge in [-0.25, -0.2) is 4.68 Å². The molecule has 0 aliphatic heterocycles. The molecule has 1 N–H and O–H groups in total. The van der Waals surface area contributed by atoms with Crippen molar-refractivity contribution in [2.45, 2.75) is 6.10 Å². The predicted octanol–water partition coefficient (Wildman–Crippen LogP) is 1.43. The molecule has 0 aliphatic carbocycles. The van der Waals surface area contributed by atoms with Crippen molar-refractivity contribution in [3.8, 4) is 11.8 Å². The minimum absolute atomic E-state index is 0.591. The van der Waals surface area contributed by atoms with E-state index in [-0.39, 0.29) is 0 Å². The van der Waals surface area contributed by atoms with E-state index in [0.29, 0.717) is 5.56 Å². The lowest BCUT2D eigenvalue weighted by Crippen LogP contribution is -1.96. The largest absolute Gasteiger partial charge is 0.374 e. The van der Waals surface area contributed by atoms with Crippen LogP contribution < -0.4 is 0 Å². The van der Waals surface area contributed by atoms with E-state index in [4.69, 9.17) is 5.26 Å². The van der Waals surface area contributed by atoms with Crippen LogP contribution in [0, 0.1) is 11.3 Å². The fourth-order valence-electron chi connectivity index (χ4n) is 1.31. The normalized spacial score (nSPS) is 12.0. The molecule has 4 nitrogen and oxygen atoms in total. The van der Waals surface area contributed by atoms with Crippen LogP contribution in [0.4, 0.5) is 0 Å². The highest BCUT2D eigenvalue weighted by molar-refractivity contribution is 5.35. The standard InChI is InChI=1S/C11H9N3O/c12-8-11(15)9-2-4-10(5-3-9)14-7-1-6-13-14/h1-7,11,15H. The second-order valence-corrected chi connectivity index (χ2v) is 3.07. The van der Waals surface area contributed by atoms with Crippen molar-refractivity contribution in [1.82, 2.24) is 9.78 Å². The fraction of sp³-hybridized carbons (Fsp3) is 0.0909. The van der Waals surface area contributed by atoms with Crippen molar-refractivity contribution >= 4 is 0 Å². The van der Waals surface area contributed by atoms with Gasteiger partial charge in [0, 0.05) is 12.4 Å². The first-order valence-electron chi connectivity index (χ1n) is 4.49. The Morgan fingerprint density at radius 3 is 2.60 bits per heavy atom. The topological polar surface area (TPSA) is 61.8 Å². The van der Waals surface area contributed by atoms with Crippen LogP contribution in [0.3, 0.4) is 0 Å². The fourth-order valence-corrected chi connectivity index (χ4v) is 1.31. The van der Waals surface area contributed by atoms with E-state index in [0.717, 1.165) is 5.69 Å². The van der Waals surface area contributed by atoms with E-state index in [2.05, 4.69) is 5.10 Å². The van der Waals surface area contributed by atoms with Crippen LogP contribution in [0.15, 0.2) is 42.7 Å². The number of aliphatic hydroxyl groups is 1. The lowest BCUT2D eigenvalue weighted by molar-refractivity contribution is 0.236. The van der Waals surface area contributed by atoms with Crippen LogP contribution in [-0.4, -0.2) is 14.9 Å². The number of rotatable bonds is 2. The molecule has 74 valence electrons. The van der Waals surface area contributed by atoms with Crippen LogP contribution >= 0.6 is 0 Å². The Labute approximate surface area is 87.0 Å². The minimum atomic E-state index is -1.06. The molecule has 2 rings (SSSR count). The maximum Gasteiger partial charge on any atom is 0.165 e. The maximum atomic E-state index is 9.27. The van der Waals surface area contributed by atoms with Gasteiger partial charge in [-0.2, -0.15) is 10.4 Å². The predicted molar refractivity (Wildman–Crippen MR) is 54.1 cm³/mol. The molecule has 1 unspecified atom stereocenters. The molecule has 4 heteroatoms. The summed E-state index contributed by atoms with van der Waals surface area (Å²) in [5.74, 6) is 0. The third-order valence-corrected chi connectivity index (χ3v) is 2.10. The zero-order valence-electron chi connectivity index (χ0n) is 7.91. The van der Waals surface area contributed by atoms with Crippen LogP contribution in [-0.2, 0) is 0 Å². The van der Waals surface area contributed by atoms with Gasteiger partial charge < -0.3 is 5.11 Å². The number of hydrogen-bond donors (Lipinski definition) is 1. The lowest BCUT2D eigenvalue weighted by atomic mass is 10.1. The van der Waals surface area contributed by atoms with Crippen molar-refractivity contribution < 1.29 is 5.11 Å². The zero-order chi connectivity index (χ0) is 10.7. The summed E-state index contributed by atoms with van der Waals surface area (Å²) in [5.41, 5.74) is 1.49. The third-order valence-electron chi connectivity index (χ3n) is 2.10. The molecule has 1 atom stereocenters. The number of nitrogens with zero attached hydrogens (tertiary/aromatic N) is 3. The summed E-state index contributed by atoms with van der Waals surface area (Å²) in [4.78, 5) is 0. The molecule has 0 fully saturated rings. The van der Waals surface area contributed by atoms with Gasteiger partial charge in [-0.1, -0.05) is 12.1 Å². The summed E-state index contributed by atoms with van der Waals surface area (Å²) in [6.07, 6.45) is 2.46. The Bertz CT molecular complexity index is 468. The highest BCUT2D eigenvalue weighted by atomic mass is 16.3. The molecule has 0 radical (unpaired) electrons. The highest BCUT2D eigenvalue weighted by Gasteiger charge is 2.04. The van der Waals surface area contributed by atoms with E-state index in [9.17, 15) is 5.11 Å². The lowest BCUT2D eigenvalue weighted by Gasteiger charge is -2.04. The molecule has 1 aromatic carbocycles. The summed E-state index contributed by atoms with van der Waals surface area (Å²) in [5, 5.41) is 21.9. The van der Waals surface area contributed by atoms with Crippen LogP contribution in [0.5, 0.6) is 0 Å². The smallest absolute Gasteiger partial charge is 0.165 e. The van der Waals surface area contributed by atoms with Gasteiger partial charge in [0.25, 0.3) is 0 Å². The van der Waals surface area contributed by atoms with Crippen molar-refractivity contribution in [3.63, 3.8) is 0 Å². The molecule has 15 heavy (non-hydrogen) atoms. The van der Waals surface area contributed by atoms with E-state index in [1.807, 2.05) is 24.4 Å². The second kappa shape index (κ2) is 3.95. The molecule has 0 saturated carbocycles. The zero-order valence-corrected chi connectivity index (χ0v) is 7.91. The minimum Gasteiger partial charge on any atom is -0.374 e. The van der Waals surface area contributed by atoms with Gasteiger partial charge in [-0.3, -0.25) is 0 Å². The maximum absolute atomic E-state index is 9.27. The van der Waals surface area contributed by atoms with Gasteiger partial charge in [0.2, 0.25) is 0 Å². The molecule has 0 aliphatic rings. The van der Waals surface area contributed by atoms with Crippen molar-refractivity contribution in [2.24, 2.45) is 0 Å². The highest BCUT2D eigenvalue weighted by Crippen LogP contribution is 2.14. The Kier molecular flexibility index (Phi) is 2.48. The number of nitriles is 1. The molecule has 0 saturated heterocycles. The SMILES string of the molecule is N#CC(O)c1ccc(-n2cccn2)cc1. The molecule has 1 heterocycles. The van der Waals surface area contributed by atoms with Crippen molar-refractivity contribution in [2.75, 3.05) is 0 Å². The number of benzene rings is 1. The Hall–Kier alpha value is -2.12. The van der Waals surface area contributed by atoms with Gasteiger partial charge in [0.05, 0.1) is 11.8 Å². The first-order chi connectivity index (χ1) is 7.31. The summed E-state index contributed by atoms with van der Waals surface area (Å²) < 4.78 is 1.71. The monoisotopic (exact) mass is 199 g/mol. The molecule has 2 aromatic rings. The van der Waals surface area contributed by atoms with Gasteiger partial charge in [-0.15, -0.1) is 0 Å². The first-order valence-corrected chi connectivity index (χ1v) is 4.49. The van der Waals surface area contributed by atoms with Crippen molar-refractivity contribution in [3.05, 3.63) is 48.3 Å². The third kappa shape index (κ3) is 1.87. The summed E-state index contributed by atoms with van der Waals surface area (Å²) in [6.45, 7) is 0. The average molecular weight is 199 g/mol.